The Labute approximate surface area is 122 Å². The van der Waals surface area contributed by atoms with Crippen molar-refractivity contribution in [1.82, 2.24) is 9.97 Å². The Bertz CT molecular complexity index is 679. The van der Waals surface area contributed by atoms with Crippen molar-refractivity contribution in [1.29, 1.82) is 0 Å². The minimum Gasteiger partial charge on any atom is -0.436 e. The van der Waals surface area contributed by atoms with Crippen LogP contribution >= 0.6 is 0 Å². The van der Waals surface area contributed by atoms with Gasteiger partial charge < -0.3 is 15.3 Å². The normalized spacial score (nSPS) is 14.2. The van der Waals surface area contributed by atoms with E-state index in [9.17, 15) is 5.11 Å². The number of nitrogens with two attached hydrogens (primary N) is 1. The smallest absolute Gasteiger partial charge is 0.227 e. The molecule has 0 bridgehead atoms. The Morgan fingerprint density at radius 1 is 1.14 bits per heavy atom. The number of rotatable bonds is 5. The van der Waals surface area contributed by atoms with Gasteiger partial charge in [-0.15, -0.1) is 0 Å². The van der Waals surface area contributed by atoms with Crippen LogP contribution in [0.5, 0.6) is 0 Å². The summed E-state index contributed by atoms with van der Waals surface area (Å²) >= 11 is 0. The molecular formula is C16H17N3O2. The van der Waals surface area contributed by atoms with Crippen LogP contribution in [0.1, 0.15) is 24.0 Å². The average Bonchev–Trinajstić information content (AvgIpc) is 2.97. The highest BCUT2D eigenvalue weighted by Crippen LogP contribution is 2.22. The lowest BCUT2D eigenvalue weighted by Gasteiger charge is -2.15. The Morgan fingerprint density at radius 3 is 2.71 bits per heavy atom. The zero-order valence-corrected chi connectivity index (χ0v) is 11.5. The van der Waals surface area contributed by atoms with Crippen LogP contribution in [0.25, 0.3) is 11.2 Å². The van der Waals surface area contributed by atoms with Gasteiger partial charge in [0, 0.05) is 12.2 Å². The fourth-order valence-electron chi connectivity index (χ4n) is 2.23. The van der Waals surface area contributed by atoms with Gasteiger partial charge in [0.05, 0.1) is 0 Å². The highest BCUT2D eigenvalue weighted by atomic mass is 16.4. The number of fused-ring (bicyclic) bond motifs is 1. The molecule has 108 valence electrons. The van der Waals surface area contributed by atoms with E-state index in [-0.39, 0.29) is 5.89 Å². The van der Waals surface area contributed by atoms with E-state index in [1.807, 2.05) is 30.3 Å². The second-order valence-corrected chi connectivity index (χ2v) is 5.01. The van der Waals surface area contributed by atoms with Crippen LogP contribution in [0.15, 0.2) is 53.1 Å². The molecule has 0 radical (unpaired) electrons. The molecule has 5 nitrogen and oxygen atoms in total. The van der Waals surface area contributed by atoms with Crippen molar-refractivity contribution in [2.24, 2.45) is 5.73 Å². The molecule has 2 heterocycles. The molecule has 0 saturated carbocycles. The molecule has 3 aromatic rings. The van der Waals surface area contributed by atoms with Crippen molar-refractivity contribution in [2.45, 2.75) is 25.0 Å². The van der Waals surface area contributed by atoms with Gasteiger partial charge in [-0.2, -0.15) is 4.98 Å². The minimum atomic E-state index is -0.928. The summed E-state index contributed by atoms with van der Waals surface area (Å²) in [5.74, 6) is 0.226. The van der Waals surface area contributed by atoms with Gasteiger partial charge in [0.2, 0.25) is 5.89 Å². The molecule has 2 atom stereocenters. The molecule has 0 aliphatic carbocycles. The Balaban J connectivity index is 1.67. The number of oxazole rings is 1. The average molecular weight is 283 g/mol. The van der Waals surface area contributed by atoms with E-state index < -0.39 is 12.1 Å². The van der Waals surface area contributed by atoms with Crippen molar-refractivity contribution in [3.8, 4) is 0 Å². The van der Waals surface area contributed by atoms with Crippen LogP contribution in [0.4, 0.5) is 0 Å². The Morgan fingerprint density at radius 2 is 1.95 bits per heavy atom. The zero-order chi connectivity index (χ0) is 14.7. The third-order valence-corrected chi connectivity index (χ3v) is 3.45. The van der Waals surface area contributed by atoms with E-state index in [1.54, 1.807) is 18.3 Å². The number of aryl methyl sites for hydroxylation is 1. The number of hydrogen-bond acceptors (Lipinski definition) is 5. The molecule has 0 amide bonds. The third kappa shape index (κ3) is 3.09. The van der Waals surface area contributed by atoms with E-state index in [2.05, 4.69) is 9.97 Å². The molecule has 3 rings (SSSR count). The van der Waals surface area contributed by atoms with Crippen LogP contribution in [0.2, 0.25) is 0 Å². The molecule has 0 aliphatic heterocycles. The molecule has 3 N–H and O–H groups in total. The first-order valence-electron chi connectivity index (χ1n) is 6.93. The lowest BCUT2D eigenvalue weighted by molar-refractivity contribution is 0.114. The summed E-state index contributed by atoms with van der Waals surface area (Å²) in [4.78, 5) is 8.26. The van der Waals surface area contributed by atoms with Crippen LogP contribution in [0, 0.1) is 0 Å². The number of hydrogen-bond donors (Lipinski definition) is 2. The summed E-state index contributed by atoms with van der Waals surface area (Å²) in [7, 11) is 0. The van der Waals surface area contributed by atoms with E-state index in [0.29, 0.717) is 17.7 Å². The van der Waals surface area contributed by atoms with E-state index >= 15 is 0 Å². The van der Waals surface area contributed by atoms with Gasteiger partial charge in [0.15, 0.2) is 11.2 Å². The summed E-state index contributed by atoms with van der Waals surface area (Å²) in [6.45, 7) is 0. The lowest BCUT2D eigenvalue weighted by Crippen LogP contribution is -2.29. The number of nitrogens with zero attached hydrogens (tertiary/aromatic N) is 2. The summed E-state index contributed by atoms with van der Waals surface area (Å²) in [6.07, 6.45) is 2.16. The molecular weight excluding hydrogens is 266 g/mol. The van der Waals surface area contributed by atoms with Crippen LogP contribution in [-0.4, -0.2) is 21.1 Å². The first-order valence-corrected chi connectivity index (χ1v) is 6.93. The number of pyridine rings is 1. The third-order valence-electron chi connectivity index (χ3n) is 3.45. The standard InChI is InChI=1S/C16H17N3O2/c17-12(9-8-11-5-2-1-3-6-11)14(20)16-19-15-13(21-16)7-4-10-18-15/h1-7,10,12,14,20H,8-9,17H2/t12-,14-/m1/s1. The highest BCUT2D eigenvalue weighted by Gasteiger charge is 2.22. The van der Waals surface area contributed by atoms with E-state index in [0.717, 1.165) is 6.42 Å². The molecule has 2 aromatic heterocycles. The lowest BCUT2D eigenvalue weighted by atomic mass is 10.0. The molecule has 5 heteroatoms. The van der Waals surface area contributed by atoms with E-state index in [4.69, 9.17) is 10.2 Å². The van der Waals surface area contributed by atoms with Gasteiger partial charge in [0.1, 0.15) is 6.10 Å². The molecule has 0 unspecified atom stereocenters. The largest absolute Gasteiger partial charge is 0.436 e. The van der Waals surface area contributed by atoms with E-state index in [1.165, 1.54) is 5.56 Å². The van der Waals surface area contributed by atoms with Gasteiger partial charge in [-0.1, -0.05) is 30.3 Å². The van der Waals surface area contributed by atoms with Crippen molar-refractivity contribution in [3.05, 3.63) is 60.1 Å². The molecule has 0 saturated heterocycles. The Kier molecular flexibility index (Phi) is 3.94. The van der Waals surface area contributed by atoms with Gasteiger partial charge in [-0.3, -0.25) is 0 Å². The molecule has 0 fully saturated rings. The molecule has 0 spiro atoms. The second kappa shape index (κ2) is 6.03. The quantitative estimate of drug-likeness (QED) is 0.750. The van der Waals surface area contributed by atoms with Gasteiger partial charge in [0.25, 0.3) is 0 Å². The van der Waals surface area contributed by atoms with Crippen LogP contribution in [0.3, 0.4) is 0 Å². The number of aromatic nitrogens is 2. The number of aliphatic hydroxyl groups excluding tert-OH is 1. The van der Waals surface area contributed by atoms with Gasteiger partial charge >= 0.3 is 0 Å². The maximum absolute atomic E-state index is 10.3. The van der Waals surface area contributed by atoms with Crippen molar-refractivity contribution in [3.63, 3.8) is 0 Å². The predicted molar refractivity (Wildman–Crippen MR) is 79.5 cm³/mol. The maximum atomic E-state index is 10.3. The first kappa shape index (κ1) is 13.7. The minimum absolute atomic E-state index is 0.226. The van der Waals surface area contributed by atoms with Crippen LogP contribution in [-0.2, 0) is 6.42 Å². The SMILES string of the molecule is N[C@H](CCc1ccccc1)[C@@H](O)c1nc2ncccc2o1. The number of aliphatic hydroxyl groups is 1. The number of benzene rings is 1. The summed E-state index contributed by atoms with van der Waals surface area (Å²) in [6, 6.07) is 13.1. The van der Waals surface area contributed by atoms with Gasteiger partial charge in [-0.25, -0.2) is 4.98 Å². The topological polar surface area (TPSA) is 85.2 Å². The summed E-state index contributed by atoms with van der Waals surface area (Å²) in [5.41, 5.74) is 8.29. The zero-order valence-electron chi connectivity index (χ0n) is 11.5. The predicted octanol–water partition coefficient (Wildman–Crippen LogP) is 2.22. The highest BCUT2D eigenvalue weighted by molar-refractivity contribution is 5.66. The molecule has 21 heavy (non-hydrogen) atoms. The fourth-order valence-corrected chi connectivity index (χ4v) is 2.23. The van der Waals surface area contributed by atoms with Crippen molar-refractivity contribution in [2.75, 3.05) is 0 Å². The first-order chi connectivity index (χ1) is 10.2. The van der Waals surface area contributed by atoms with Crippen molar-refractivity contribution >= 4 is 11.2 Å². The summed E-state index contributed by atoms with van der Waals surface area (Å²) in [5, 5.41) is 10.3. The Hall–Kier alpha value is -2.24. The summed E-state index contributed by atoms with van der Waals surface area (Å²) < 4.78 is 5.50. The van der Waals surface area contributed by atoms with Gasteiger partial charge in [-0.05, 0) is 30.5 Å². The molecule has 1 aromatic carbocycles. The van der Waals surface area contributed by atoms with Crippen LogP contribution < -0.4 is 5.73 Å². The van der Waals surface area contributed by atoms with Crippen molar-refractivity contribution < 1.29 is 9.52 Å². The molecule has 0 aliphatic rings. The fraction of sp³-hybridized carbons (Fsp3) is 0.250. The maximum Gasteiger partial charge on any atom is 0.227 e. The monoisotopic (exact) mass is 283 g/mol. The second-order valence-electron chi connectivity index (χ2n) is 5.01.